The predicted octanol–water partition coefficient (Wildman–Crippen LogP) is 2.46. The summed E-state index contributed by atoms with van der Waals surface area (Å²) in [6.07, 6.45) is 8.12. The number of esters is 1. The van der Waals surface area contributed by atoms with Crippen LogP contribution in [0, 0.1) is 5.41 Å². The van der Waals surface area contributed by atoms with E-state index in [4.69, 9.17) is 4.74 Å². The molecule has 0 saturated carbocycles. The maximum Gasteiger partial charge on any atom is 0.313 e. The van der Waals surface area contributed by atoms with E-state index in [2.05, 4.69) is 28.7 Å². The minimum Gasteiger partial charge on any atom is -0.458 e. The molecule has 0 aromatic carbocycles. The van der Waals surface area contributed by atoms with E-state index in [0.29, 0.717) is 0 Å². The zero-order chi connectivity index (χ0) is 9.31. The number of allylic oxidation sites excluding steroid dienone is 1. The molecular weight excluding hydrogens is 279 g/mol. The first-order valence-corrected chi connectivity index (χ1v) is 6.23. The average molecular weight is 292 g/mol. The van der Waals surface area contributed by atoms with Gasteiger partial charge >= 0.3 is 5.97 Å². The highest BCUT2D eigenvalue weighted by atomic mass is 127. The third-order valence-electron chi connectivity index (χ3n) is 2.93. The fraction of sp³-hybridized carbons (Fsp3) is 0.700. The third-order valence-corrected chi connectivity index (χ3v) is 3.69. The standard InChI is InChI=1S/C10H13IO2/c11-6-2-5-10-4-1-3-8(7-10)13-9(10)12/h1,3,8H,2,4-7H2/t8-,10-/m0/s1. The number of alkyl halides is 1. The molecule has 2 rings (SSSR count). The lowest BCUT2D eigenvalue weighted by atomic mass is 9.75. The Labute approximate surface area is 91.9 Å². The number of hydrogen-bond donors (Lipinski definition) is 0. The minimum atomic E-state index is -0.148. The molecular formula is C10H13IO2. The van der Waals surface area contributed by atoms with Crippen LogP contribution in [-0.2, 0) is 9.53 Å². The molecule has 2 aliphatic rings. The van der Waals surface area contributed by atoms with Crippen LogP contribution < -0.4 is 0 Å². The van der Waals surface area contributed by atoms with E-state index in [-0.39, 0.29) is 17.5 Å². The Kier molecular flexibility index (Phi) is 2.62. The smallest absolute Gasteiger partial charge is 0.313 e. The van der Waals surface area contributed by atoms with Crippen LogP contribution in [0.5, 0.6) is 0 Å². The molecule has 1 aliphatic carbocycles. The summed E-state index contributed by atoms with van der Waals surface area (Å²) >= 11 is 2.36. The van der Waals surface area contributed by atoms with Crippen molar-refractivity contribution >= 4 is 28.6 Å². The van der Waals surface area contributed by atoms with Gasteiger partial charge in [0.05, 0.1) is 5.41 Å². The second-order valence-electron chi connectivity index (χ2n) is 3.85. The number of ether oxygens (including phenoxy) is 1. The summed E-state index contributed by atoms with van der Waals surface area (Å²) in [6.45, 7) is 0. The van der Waals surface area contributed by atoms with Crippen LogP contribution in [-0.4, -0.2) is 16.5 Å². The molecule has 1 aliphatic heterocycles. The Morgan fingerprint density at radius 1 is 1.69 bits per heavy atom. The SMILES string of the molecule is O=C1O[C@H]2C=CC[C@]1(CCCI)C2. The first-order chi connectivity index (χ1) is 6.27. The van der Waals surface area contributed by atoms with E-state index in [1.54, 1.807) is 0 Å². The van der Waals surface area contributed by atoms with Gasteiger partial charge in [-0.1, -0.05) is 28.7 Å². The highest BCUT2D eigenvalue weighted by molar-refractivity contribution is 14.1. The van der Waals surface area contributed by atoms with Gasteiger partial charge in [0, 0.05) is 6.42 Å². The highest BCUT2D eigenvalue weighted by Crippen LogP contribution is 2.45. The zero-order valence-corrected chi connectivity index (χ0v) is 9.62. The van der Waals surface area contributed by atoms with Crippen molar-refractivity contribution in [2.75, 3.05) is 4.43 Å². The lowest BCUT2D eigenvalue weighted by Crippen LogP contribution is -2.26. The van der Waals surface area contributed by atoms with Gasteiger partial charge in [-0.25, -0.2) is 0 Å². The number of hydrogen-bond acceptors (Lipinski definition) is 2. The topological polar surface area (TPSA) is 26.3 Å². The molecule has 1 heterocycles. The third kappa shape index (κ3) is 1.63. The van der Waals surface area contributed by atoms with Crippen LogP contribution in [0.15, 0.2) is 12.2 Å². The van der Waals surface area contributed by atoms with Gasteiger partial charge < -0.3 is 4.74 Å². The van der Waals surface area contributed by atoms with Gasteiger partial charge in [0.25, 0.3) is 0 Å². The molecule has 0 amide bonds. The molecule has 0 spiro atoms. The Bertz CT molecular complexity index is 249. The van der Waals surface area contributed by atoms with Crippen molar-refractivity contribution in [3.05, 3.63) is 12.2 Å². The minimum absolute atomic E-state index is 0.0346. The fourth-order valence-corrected chi connectivity index (χ4v) is 2.58. The van der Waals surface area contributed by atoms with E-state index in [1.807, 2.05) is 6.08 Å². The zero-order valence-electron chi connectivity index (χ0n) is 7.46. The second kappa shape index (κ2) is 3.59. The van der Waals surface area contributed by atoms with Gasteiger partial charge in [-0.15, -0.1) is 0 Å². The van der Waals surface area contributed by atoms with Crippen molar-refractivity contribution in [3.8, 4) is 0 Å². The largest absolute Gasteiger partial charge is 0.458 e. The van der Waals surface area contributed by atoms with Crippen molar-refractivity contribution < 1.29 is 9.53 Å². The molecule has 72 valence electrons. The first-order valence-electron chi connectivity index (χ1n) is 4.71. The van der Waals surface area contributed by atoms with E-state index in [9.17, 15) is 4.79 Å². The van der Waals surface area contributed by atoms with Crippen LogP contribution in [0.2, 0.25) is 0 Å². The molecule has 3 heteroatoms. The van der Waals surface area contributed by atoms with Gasteiger partial charge in [-0.3, -0.25) is 4.79 Å². The maximum atomic E-state index is 11.6. The molecule has 13 heavy (non-hydrogen) atoms. The van der Waals surface area contributed by atoms with E-state index in [0.717, 1.165) is 30.1 Å². The molecule has 0 N–H and O–H groups in total. The lowest BCUT2D eigenvalue weighted by Gasteiger charge is -2.24. The van der Waals surface area contributed by atoms with Crippen molar-refractivity contribution in [1.29, 1.82) is 0 Å². The Morgan fingerprint density at radius 3 is 3.31 bits per heavy atom. The first kappa shape index (κ1) is 9.49. The average Bonchev–Trinajstić information content (AvgIpc) is 2.35. The molecule has 0 unspecified atom stereocenters. The summed E-state index contributed by atoms with van der Waals surface area (Å²) in [5.74, 6) is 0.0346. The van der Waals surface area contributed by atoms with Gasteiger partial charge in [0.1, 0.15) is 6.10 Å². The van der Waals surface area contributed by atoms with Gasteiger partial charge in [0.15, 0.2) is 0 Å². The lowest BCUT2D eigenvalue weighted by molar-refractivity contribution is -0.147. The summed E-state index contributed by atoms with van der Waals surface area (Å²) < 4.78 is 6.38. The van der Waals surface area contributed by atoms with Crippen molar-refractivity contribution in [2.24, 2.45) is 5.41 Å². The summed E-state index contributed by atoms with van der Waals surface area (Å²) in [4.78, 5) is 11.6. The van der Waals surface area contributed by atoms with Crippen LogP contribution in [0.3, 0.4) is 0 Å². The van der Waals surface area contributed by atoms with Crippen molar-refractivity contribution in [3.63, 3.8) is 0 Å². The summed E-state index contributed by atoms with van der Waals surface area (Å²) in [6, 6.07) is 0. The van der Waals surface area contributed by atoms with Gasteiger partial charge in [-0.2, -0.15) is 0 Å². The number of rotatable bonds is 3. The second-order valence-corrected chi connectivity index (χ2v) is 4.93. The van der Waals surface area contributed by atoms with Gasteiger partial charge in [0.2, 0.25) is 0 Å². The highest BCUT2D eigenvalue weighted by Gasteiger charge is 2.48. The number of fused-ring (bicyclic) bond motifs is 2. The molecule has 0 radical (unpaired) electrons. The maximum absolute atomic E-state index is 11.6. The van der Waals surface area contributed by atoms with Crippen LogP contribution >= 0.6 is 22.6 Å². The normalized spacial score (nSPS) is 36.4. The van der Waals surface area contributed by atoms with Gasteiger partial charge in [-0.05, 0) is 29.8 Å². The van der Waals surface area contributed by atoms with E-state index >= 15 is 0 Å². The molecule has 1 saturated heterocycles. The van der Waals surface area contributed by atoms with Crippen molar-refractivity contribution in [1.82, 2.24) is 0 Å². The van der Waals surface area contributed by atoms with E-state index in [1.165, 1.54) is 0 Å². The quantitative estimate of drug-likeness (QED) is 0.346. The summed E-state index contributed by atoms with van der Waals surface area (Å²) in [7, 11) is 0. The molecule has 2 atom stereocenters. The Hall–Kier alpha value is -0.0600. The predicted molar refractivity (Wildman–Crippen MR) is 58.8 cm³/mol. The Balaban J connectivity index is 2.11. The molecule has 2 nitrogen and oxygen atoms in total. The number of halogens is 1. The van der Waals surface area contributed by atoms with Crippen LogP contribution in [0.1, 0.15) is 25.7 Å². The molecule has 0 aromatic heterocycles. The summed E-state index contributed by atoms with van der Waals surface area (Å²) in [5, 5.41) is 0. The fourth-order valence-electron chi connectivity index (χ4n) is 2.20. The molecule has 1 fully saturated rings. The number of carbonyl (C=O) groups is 1. The molecule has 2 bridgehead atoms. The molecule has 0 aromatic rings. The summed E-state index contributed by atoms with van der Waals surface area (Å²) in [5.41, 5.74) is -0.148. The van der Waals surface area contributed by atoms with Crippen LogP contribution in [0.25, 0.3) is 0 Å². The van der Waals surface area contributed by atoms with E-state index < -0.39 is 0 Å². The monoisotopic (exact) mass is 292 g/mol. The number of carbonyl (C=O) groups excluding carboxylic acids is 1. The van der Waals surface area contributed by atoms with Crippen LogP contribution in [0.4, 0.5) is 0 Å². The van der Waals surface area contributed by atoms with Crippen molar-refractivity contribution in [2.45, 2.75) is 31.8 Å². The Morgan fingerprint density at radius 2 is 2.54 bits per heavy atom.